The number of epoxide rings is 1. The molecule has 1 fully saturated rings. The highest BCUT2D eigenvalue weighted by Crippen LogP contribution is 2.46. The number of cyclic esters (lactones) is 1. The predicted octanol–water partition coefficient (Wildman–Crippen LogP) is 0.819. The van der Waals surface area contributed by atoms with E-state index in [0.29, 0.717) is 17.7 Å². The van der Waals surface area contributed by atoms with E-state index in [0.717, 1.165) is 0 Å². The van der Waals surface area contributed by atoms with E-state index < -0.39 is 42.6 Å². The largest absolute Gasteiger partial charge is 0.507 e. The molecule has 2 aliphatic rings. The molecular formula is C19H24O8. The summed E-state index contributed by atoms with van der Waals surface area (Å²) in [6.07, 6.45) is -2.15. The Morgan fingerprint density at radius 2 is 1.96 bits per heavy atom. The van der Waals surface area contributed by atoms with Crippen molar-refractivity contribution in [1.29, 1.82) is 0 Å². The molecule has 0 aromatic heterocycles. The monoisotopic (exact) mass is 380 g/mol. The summed E-state index contributed by atoms with van der Waals surface area (Å²) in [7, 11) is 1.43. The average Bonchev–Trinajstić information content (AvgIpc) is 3.38. The summed E-state index contributed by atoms with van der Waals surface area (Å²) >= 11 is 0. The molecule has 2 aliphatic heterocycles. The molecule has 0 aliphatic carbocycles. The molecular weight excluding hydrogens is 356 g/mol. The summed E-state index contributed by atoms with van der Waals surface area (Å²) in [6, 6.07) is 2.90. The van der Waals surface area contributed by atoms with Gasteiger partial charge >= 0.3 is 5.97 Å². The fourth-order valence-electron chi connectivity index (χ4n) is 3.20. The summed E-state index contributed by atoms with van der Waals surface area (Å²) < 4.78 is 16.1. The lowest BCUT2D eigenvalue weighted by atomic mass is 9.96. The number of carbonyl (C=O) groups excluding carboxylic acids is 1. The molecule has 0 amide bonds. The first-order valence-electron chi connectivity index (χ1n) is 8.80. The lowest BCUT2D eigenvalue weighted by Crippen LogP contribution is -2.37. The summed E-state index contributed by atoms with van der Waals surface area (Å²) in [6.45, 7) is 1.67. The fourth-order valence-corrected chi connectivity index (χ4v) is 3.20. The molecule has 6 atom stereocenters. The Morgan fingerprint density at radius 1 is 1.22 bits per heavy atom. The number of ether oxygens (including phenoxy) is 3. The van der Waals surface area contributed by atoms with Crippen LogP contribution >= 0.6 is 0 Å². The zero-order valence-electron chi connectivity index (χ0n) is 15.1. The van der Waals surface area contributed by atoms with Gasteiger partial charge in [0.2, 0.25) is 0 Å². The lowest BCUT2D eigenvalue weighted by Gasteiger charge is -2.21. The maximum Gasteiger partial charge on any atom is 0.342 e. The van der Waals surface area contributed by atoms with Gasteiger partial charge < -0.3 is 34.6 Å². The van der Waals surface area contributed by atoms with Crippen LogP contribution in [0.1, 0.15) is 41.8 Å². The maximum atomic E-state index is 12.6. The Kier molecular flexibility index (Phi) is 5.71. The molecule has 0 radical (unpaired) electrons. The highest BCUT2D eigenvalue weighted by Gasteiger charge is 2.45. The molecule has 0 spiro atoms. The third-order valence-electron chi connectivity index (χ3n) is 4.78. The smallest absolute Gasteiger partial charge is 0.342 e. The van der Waals surface area contributed by atoms with Crippen molar-refractivity contribution in [3.8, 4) is 11.5 Å². The van der Waals surface area contributed by atoms with Gasteiger partial charge in [-0.25, -0.2) is 4.79 Å². The predicted molar refractivity (Wildman–Crippen MR) is 93.5 cm³/mol. The van der Waals surface area contributed by atoms with Crippen molar-refractivity contribution in [2.75, 3.05) is 7.11 Å². The number of esters is 1. The highest BCUT2D eigenvalue weighted by atomic mass is 16.6. The van der Waals surface area contributed by atoms with Gasteiger partial charge in [0.05, 0.1) is 19.3 Å². The number of carbonyl (C=O) groups is 1. The molecule has 0 bridgehead atoms. The Labute approximate surface area is 156 Å². The second-order valence-electron chi connectivity index (χ2n) is 6.87. The SMILES string of the molecule is COc1cc(O)c2c(c1)[C@H]1O[C@@H]1C[C@H](O)[C@H](O)[C@@H](O)/C=C/C[C@H](C)OC2=O. The molecule has 1 aromatic rings. The summed E-state index contributed by atoms with van der Waals surface area (Å²) in [4.78, 5) is 12.6. The van der Waals surface area contributed by atoms with Crippen molar-refractivity contribution < 1.29 is 39.4 Å². The van der Waals surface area contributed by atoms with Crippen molar-refractivity contribution in [2.24, 2.45) is 0 Å². The first kappa shape index (κ1) is 19.6. The molecule has 148 valence electrons. The van der Waals surface area contributed by atoms with Gasteiger partial charge in [0.25, 0.3) is 0 Å². The highest BCUT2D eigenvalue weighted by molar-refractivity contribution is 5.95. The number of phenols is 1. The van der Waals surface area contributed by atoms with Gasteiger partial charge in [-0.1, -0.05) is 12.2 Å². The van der Waals surface area contributed by atoms with Crippen LogP contribution in [0.2, 0.25) is 0 Å². The van der Waals surface area contributed by atoms with Crippen LogP contribution < -0.4 is 4.74 Å². The Balaban J connectivity index is 1.97. The van der Waals surface area contributed by atoms with Crippen LogP contribution in [0.15, 0.2) is 24.3 Å². The van der Waals surface area contributed by atoms with E-state index in [4.69, 9.17) is 14.2 Å². The van der Waals surface area contributed by atoms with Crippen molar-refractivity contribution in [3.63, 3.8) is 0 Å². The molecule has 27 heavy (non-hydrogen) atoms. The first-order chi connectivity index (χ1) is 12.8. The van der Waals surface area contributed by atoms with Crippen LogP contribution in [0, 0.1) is 0 Å². The second-order valence-corrected chi connectivity index (χ2v) is 6.87. The van der Waals surface area contributed by atoms with Gasteiger partial charge in [-0.3, -0.25) is 0 Å². The molecule has 8 heteroatoms. The number of hydrogen-bond acceptors (Lipinski definition) is 8. The quantitative estimate of drug-likeness (QED) is 0.320. The van der Waals surface area contributed by atoms with E-state index >= 15 is 0 Å². The Hall–Kier alpha value is -2.13. The van der Waals surface area contributed by atoms with E-state index in [-0.39, 0.29) is 17.7 Å². The number of rotatable bonds is 1. The van der Waals surface area contributed by atoms with E-state index in [9.17, 15) is 25.2 Å². The van der Waals surface area contributed by atoms with Crippen molar-refractivity contribution >= 4 is 5.97 Å². The zero-order chi connectivity index (χ0) is 19.7. The van der Waals surface area contributed by atoms with Crippen LogP contribution in [0.5, 0.6) is 11.5 Å². The molecule has 0 unspecified atom stereocenters. The summed E-state index contributed by atoms with van der Waals surface area (Å²) in [5.74, 6) is -0.630. The number of aliphatic hydroxyl groups excluding tert-OH is 3. The molecule has 4 N–H and O–H groups in total. The molecule has 8 nitrogen and oxygen atoms in total. The van der Waals surface area contributed by atoms with Gasteiger partial charge in [0.15, 0.2) is 0 Å². The van der Waals surface area contributed by atoms with Gasteiger partial charge in [0, 0.05) is 24.5 Å². The van der Waals surface area contributed by atoms with E-state index in [1.165, 1.54) is 19.3 Å². The standard InChI is InChI=1S/C19H24O8/c1-9-4-3-5-12(20)17(23)14(22)8-15-18(27-15)11-6-10(25-2)7-13(21)16(11)19(24)26-9/h3,5-7,9,12,14-15,17-18,20-23H,4,8H2,1-2H3/b5-3+/t9-,12-,14-,15+,17+,18+/m0/s1. The zero-order valence-corrected chi connectivity index (χ0v) is 15.1. The number of fused-ring (bicyclic) bond motifs is 3. The van der Waals surface area contributed by atoms with Crippen LogP contribution in [0.25, 0.3) is 0 Å². The maximum absolute atomic E-state index is 12.6. The number of aromatic hydroxyl groups is 1. The molecule has 3 rings (SSSR count). The third-order valence-corrected chi connectivity index (χ3v) is 4.78. The molecule has 1 saturated heterocycles. The van der Waals surface area contributed by atoms with Gasteiger partial charge in [-0.05, 0) is 13.0 Å². The van der Waals surface area contributed by atoms with Crippen LogP contribution in [0.4, 0.5) is 0 Å². The molecule has 0 saturated carbocycles. The Morgan fingerprint density at radius 3 is 2.67 bits per heavy atom. The number of aliphatic hydroxyl groups is 3. The van der Waals surface area contributed by atoms with Gasteiger partial charge in [-0.15, -0.1) is 0 Å². The van der Waals surface area contributed by atoms with Crippen molar-refractivity contribution in [3.05, 3.63) is 35.4 Å². The minimum atomic E-state index is -1.37. The third kappa shape index (κ3) is 4.24. The van der Waals surface area contributed by atoms with Gasteiger partial charge in [0.1, 0.15) is 41.5 Å². The summed E-state index contributed by atoms with van der Waals surface area (Å²) in [5, 5.41) is 40.5. The summed E-state index contributed by atoms with van der Waals surface area (Å²) in [5.41, 5.74) is 0.384. The minimum Gasteiger partial charge on any atom is -0.507 e. The number of phenolic OH excluding ortho intramolecular Hbond substituents is 1. The Bertz CT molecular complexity index is 731. The first-order valence-corrected chi connectivity index (χ1v) is 8.80. The van der Waals surface area contributed by atoms with Crippen LogP contribution in [-0.4, -0.2) is 64.0 Å². The second kappa shape index (κ2) is 7.85. The van der Waals surface area contributed by atoms with Crippen LogP contribution in [0.3, 0.4) is 0 Å². The topological polar surface area (TPSA) is 129 Å². The molecule has 2 heterocycles. The molecule has 1 aromatic carbocycles. The number of hydrogen-bond donors (Lipinski definition) is 4. The van der Waals surface area contributed by atoms with Crippen molar-refractivity contribution in [1.82, 2.24) is 0 Å². The van der Waals surface area contributed by atoms with E-state index in [1.54, 1.807) is 19.1 Å². The number of methoxy groups -OCH3 is 1. The van der Waals surface area contributed by atoms with Crippen LogP contribution in [-0.2, 0) is 9.47 Å². The minimum absolute atomic E-state index is 0.00809. The lowest BCUT2D eigenvalue weighted by molar-refractivity contribution is -0.0464. The fraction of sp³-hybridized carbons (Fsp3) is 0.526. The van der Waals surface area contributed by atoms with E-state index in [1.807, 2.05) is 0 Å². The van der Waals surface area contributed by atoms with E-state index in [2.05, 4.69) is 0 Å². The number of benzene rings is 1. The van der Waals surface area contributed by atoms with Crippen molar-refractivity contribution in [2.45, 2.75) is 56.4 Å². The van der Waals surface area contributed by atoms with Gasteiger partial charge in [-0.2, -0.15) is 0 Å². The average molecular weight is 380 g/mol. The normalized spacial score (nSPS) is 35.2.